The topological polar surface area (TPSA) is 80.3 Å². The monoisotopic (exact) mass is 351 g/mol. The molecule has 0 amide bonds. The van der Waals surface area contributed by atoms with Gasteiger partial charge in [-0.05, 0) is 24.0 Å². The standard InChI is InChI=1S/C13H18ClNO4S2/c14-9-11-1-3-12(4-2-11)10-15-21(18,19)13-5-7-20(16,17)8-6-13/h1-4,13,15H,5-10H2. The van der Waals surface area contributed by atoms with Crippen molar-refractivity contribution in [2.24, 2.45) is 0 Å². The van der Waals surface area contributed by atoms with Gasteiger partial charge in [-0.1, -0.05) is 24.3 Å². The molecule has 5 nitrogen and oxygen atoms in total. The lowest BCUT2D eigenvalue weighted by Gasteiger charge is -2.22. The van der Waals surface area contributed by atoms with Crippen LogP contribution < -0.4 is 4.72 Å². The zero-order valence-electron chi connectivity index (χ0n) is 11.5. The highest BCUT2D eigenvalue weighted by Crippen LogP contribution is 2.19. The normalized spacial score (nSPS) is 19.5. The van der Waals surface area contributed by atoms with E-state index >= 15 is 0 Å². The highest BCUT2D eigenvalue weighted by atomic mass is 35.5. The first-order valence-corrected chi connectivity index (χ1v) is 10.6. The molecule has 0 atom stereocenters. The van der Waals surface area contributed by atoms with E-state index in [0.29, 0.717) is 5.88 Å². The number of alkyl halides is 1. The predicted molar refractivity (Wildman–Crippen MR) is 83.4 cm³/mol. The molecule has 1 N–H and O–H groups in total. The highest BCUT2D eigenvalue weighted by Gasteiger charge is 2.32. The number of hydrogen-bond donors (Lipinski definition) is 1. The van der Waals surface area contributed by atoms with Crippen molar-refractivity contribution < 1.29 is 16.8 Å². The van der Waals surface area contributed by atoms with Gasteiger partial charge in [-0.15, -0.1) is 11.6 Å². The minimum atomic E-state index is -3.49. The Morgan fingerprint density at radius 3 is 2.14 bits per heavy atom. The van der Waals surface area contributed by atoms with Crippen molar-refractivity contribution in [3.63, 3.8) is 0 Å². The van der Waals surface area contributed by atoms with Gasteiger partial charge >= 0.3 is 0 Å². The van der Waals surface area contributed by atoms with Crippen molar-refractivity contribution in [3.8, 4) is 0 Å². The number of sulfonamides is 1. The van der Waals surface area contributed by atoms with Crippen molar-refractivity contribution in [2.75, 3.05) is 11.5 Å². The van der Waals surface area contributed by atoms with Gasteiger partial charge < -0.3 is 0 Å². The number of rotatable bonds is 5. The second-order valence-electron chi connectivity index (χ2n) is 5.17. The molecule has 0 saturated carbocycles. The van der Waals surface area contributed by atoms with E-state index in [1.54, 1.807) is 0 Å². The second kappa shape index (κ2) is 6.64. The van der Waals surface area contributed by atoms with Crippen LogP contribution in [0.2, 0.25) is 0 Å². The zero-order valence-corrected chi connectivity index (χ0v) is 13.8. The molecule has 1 heterocycles. The molecule has 1 aliphatic heterocycles. The van der Waals surface area contributed by atoms with Crippen LogP contribution in [0.5, 0.6) is 0 Å². The van der Waals surface area contributed by atoms with Crippen molar-refractivity contribution in [1.29, 1.82) is 0 Å². The summed E-state index contributed by atoms with van der Waals surface area (Å²) < 4.78 is 49.6. The van der Waals surface area contributed by atoms with Gasteiger partial charge in [-0.3, -0.25) is 0 Å². The van der Waals surface area contributed by atoms with Crippen molar-refractivity contribution in [2.45, 2.75) is 30.5 Å². The summed E-state index contributed by atoms with van der Waals surface area (Å²) in [6.07, 6.45) is 0.339. The minimum Gasteiger partial charge on any atom is -0.229 e. The molecule has 21 heavy (non-hydrogen) atoms. The average molecular weight is 352 g/mol. The largest absolute Gasteiger partial charge is 0.229 e. The Bertz CT molecular complexity index is 669. The van der Waals surface area contributed by atoms with Crippen LogP contribution >= 0.6 is 11.6 Å². The van der Waals surface area contributed by atoms with Crippen LogP contribution in [0.1, 0.15) is 24.0 Å². The van der Waals surface area contributed by atoms with Gasteiger partial charge in [-0.25, -0.2) is 21.6 Å². The van der Waals surface area contributed by atoms with Crippen LogP contribution in [0.15, 0.2) is 24.3 Å². The van der Waals surface area contributed by atoms with Gasteiger partial charge in [0.25, 0.3) is 0 Å². The number of nitrogens with one attached hydrogen (secondary N) is 1. The van der Waals surface area contributed by atoms with E-state index in [2.05, 4.69) is 4.72 Å². The first-order chi connectivity index (χ1) is 9.82. The first kappa shape index (κ1) is 16.7. The summed E-state index contributed by atoms with van der Waals surface area (Å²) in [6, 6.07) is 7.35. The summed E-state index contributed by atoms with van der Waals surface area (Å²) >= 11 is 5.69. The average Bonchev–Trinajstić information content (AvgIpc) is 2.45. The molecule has 0 aromatic heterocycles. The Morgan fingerprint density at radius 2 is 1.62 bits per heavy atom. The quantitative estimate of drug-likeness (QED) is 0.813. The molecule has 8 heteroatoms. The molecule has 118 valence electrons. The van der Waals surface area contributed by atoms with Gasteiger partial charge in [0.15, 0.2) is 0 Å². The molecule has 0 unspecified atom stereocenters. The van der Waals surface area contributed by atoms with E-state index in [-0.39, 0.29) is 30.9 Å². The lowest BCUT2D eigenvalue weighted by Crippen LogP contribution is -2.39. The number of benzene rings is 1. The summed E-state index contributed by atoms with van der Waals surface area (Å²) in [7, 11) is -6.54. The Labute approximate surface area is 130 Å². The van der Waals surface area contributed by atoms with Crippen LogP contribution in [0.4, 0.5) is 0 Å². The Hall–Kier alpha value is -0.630. The van der Waals surface area contributed by atoms with Gasteiger partial charge in [0.05, 0.1) is 16.8 Å². The van der Waals surface area contributed by atoms with Crippen molar-refractivity contribution in [3.05, 3.63) is 35.4 Å². The van der Waals surface area contributed by atoms with Crippen molar-refractivity contribution >= 4 is 31.5 Å². The maximum atomic E-state index is 12.2. The molecule has 1 aliphatic rings. The summed E-state index contributed by atoms with van der Waals surface area (Å²) in [5.74, 6) is 0.314. The third kappa shape index (κ3) is 4.67. The maximum absolute atomic E-state index is 12.2. The van der Waals surface area contributed by atoms with Crippen LogP contribution in [-0.4, -0.2) is 33.6 Å². The van der Waals surface area contributed by atoms with Gasteiger partial charge in [-0.2, -0.15) is 0 Å². The summed E-state index contributed by atoms with van der Waals surface area (Å²) in [5.41, 5.74) is 1.82. The fraction of sp³-hybridized carbons (Fsp3) is 0.538. The third-order valence-electron chi connectivity index (χ3n) is 3.60. The molecule has 0 spiro atoms. The van der Waals surface area contributed by atoms with E-state index in [9.17, 15) is 16.8 Å². The third-order valence-corrected chi connectivity index (χ3v) is 7.52. The van der Waals surface area contributed by atoms with E-state index in [1.165, 1.54) is 0 Å². The highest BCUT2D eigenvalue weighted by molar-refractivity contribution is 7.92. The van der Waals surface area contributed by atoms with Gasteiger partial charge in [0, 0.05) is 12.4 Å². The molecule has 1 aromatic rings. The maximum Gasteiger partial charge on any atom is 0.214 e. The molecule has 1 saturated heterocycles. The molecular formula is C13H18ClNO4S2. The smallest absolute Gasteiger partial charge is 0.214 e. The predicted octanol–water partition coefficient (Wildman–Crippen LogP) is 1.42. The fourth-order valence-electron chi connectivity index (χ4n) is 2.23. The first-order valence-electron chi connectivity index (χ1n) is 6.65. The van der Waals surface area contributed by atoms with Gasteiger partial charge in [0.1, 0.15) is 9.84 Å². The van der Waals surface area contributed by atoms with E-state index in [0.717, 1.165) is 11.1 Å². The van der Waals surface area contributed by atoms with E-state index < -0.39 is 25.1 Å². The van der Waals surface area contributed by atoms with Crippen LogP contribution in [0.25, 0.3) is 0 Å². The number of hydrogen-bond acceptors (Lipinski definition) is 4. The molecule has 0 aliphatic carbocycles. The van der Waals surface area contributed by atoms with E-state index in [4.69, 9.17) is 11.6 Å². The van der Waals surface area contributed by atoms with Crippen LogP contribution in [0, 0.1) is 0 Å². The zero-order chi connectivity index (χ0) is 15.5. The molecule has 0 bridgehead atoms. The number of halogens is 1. The fourth-order valence-corrected chi connectivity index (χ4v) is 5.65. The summed E-state index contributed by atoms with van der Waals surface area (Å²) in [6.45, 7) is 0.203. The summed E-state index contributed by atoms with van der Waals surface area (Å²) in [4.78, 5) is 0. The number of sulfone groups is 1. The molecule has 2 rings (SSSR count). The Kier molecular flexibility index (Phi) is 5.29. The molecule has 1 aromatic carbocycles. The minimum absolute atomic E-state index is 0.0526. The SMILES string of the molecule is O=S1(=O)CCC(S(=O)(=O)NCc2ccc(CCl)cc2)CC1. The molecule has 1 fully saturated rings. The lowest BCUT2D eigenvalue weighted by molar-refractivity contribution is 0.542. The Balaban J connectivity index is 1.95. The van der Waals surface area contributed by atoms with Crippen LogP contribution in [-0.2, 0) is 32.3 Å². The van der Waals surface area contributed by atoms with Crippen molar-refractivity contribution in [1.82, 2.24) is 4.72 Å². The lowest BCUT2D eigenvalue weighted by atomic mass is 10.1. The Morgan fingerprint density at radius 1 is 1.10 bits per heavy atom. The van der Waals surface area contributed by atoms with Crippen LogP contribution in [0.3, 0.4) is 0 Å². The van der Waals surface area contributed by atoms with E-state index in [1.807, 2.05) is 24.3 Å². The molecular weight excluding hydrogens is 334 g/mol. The molecule has 0 radical (unpaired) electrons. The second-order valence-corrected chi connectivity index (χ2v) is 9.78. The summed E-state index contributed by atoms with van der Waals surface area (Å²) in [5, 5.41) is -0.622. The van der Waals surface area contributed by atoms with Gasteiger partial charge in [0.2, 0.25) is 10.0 Å².